The van der Waals surface area contributed by atoms with Gasteiger partial charge in [-0.1, -0.05) is 12.1 Å². The quantitative estimate of drug-likeness (QED) is 0.783. The average molecular weight is 417 g/mol. The van der Waals surface area contributed by atoms with Crippen LogP contribution in [0.3, 0.4) is 0 Å². The highest BCUT2D eigenvalue weighted by Crippen LogP contribution is 2.33. The number of nitrogens with one attached hydrogen (secondary N) is 1. The van der Waals surface area contributed by atoms with Crippen LogP contribution in [0.15, 0.2) is 35.1 Å². The number of hydrogen-bond acceptors (Lipinski definition) is 6. The molecule has 2 N–H and O–H groups in total. The van der Waals surface area contributed by atoms with Gasteiger partial charge in [-0.05, 0) is 23.8 Å². The maximum absolute atomic E-state index is 13.0. The molecule has 0 unspecified atom stereocenters. The summed E-state index contributed by atoms with van der Waals surface area (Å²) in [6.07, 6.45) is 1.29. The third-order valence-corrected chi connectivity index (χ3v) is 5.65. The van der Waals surface area contributed by atoms with Crippen LogP contribution in [0.5, 0.6) is 5.75 Å². The molecule has 2 fully saturated rings. The Morgan fingerprint density at radius 1 is 1.20 bits per heavy atom. The van der Waals surface area contributed by atoms with Gasteiger partial charge < -0.3 is 24.8 Å². The maximum atomic E-state index is 13.0. The second-order valence-electron chi connectivity index (χ2n) is 7.53. The van der Waals surface area contributed by atoms with Crippen molar-refractivity contribution in [3.63, 3.8) is 0 Å². The summed E-state index contributed by atoms with van der Waals surface area (Å²) in [6.45, 7) is 2.49. The molecule has 0 bridgehead atoms. The molecule has 3 heterocycles. The van der Waals surface area contributed by atoms with Crippen molar-refractivity contribution in [2.45, 2.75) is 25.2 Å². The minimum atomic E-state index is -0.645. The van der Waals surface area contributed by atoms with Crippen LogP contribution < -0.4 is 15.8 Å². The van der Waals surface area contributed by atoms with Gasteiger partial charge in [0, 0.05) is 39.5 Å². The maximum Gasteiger partial charge on any atom is 0.294 e. The highest BCUT2D eigenvalue weighted by atomic mass is 19.1. The fourth-order valence-corrected chi connectivity index (χ4v) is 3.89. The van der Waals surface area contributed by atoms with Crippen LogP contribution in [0.2, 0.25) is 0 Å². The summed E-state index contributed by atoms with van der Waals surface area (Å²) < 4.78 is 25.8. The van der Waals surface area contributed by atoms with Gasteiger partial charge in [-0.15, -0.1) is 0 Å². The number of anilines is 1. The normalized spacial score (nSPS) is 18.0. The van der Waals surface area contributed by atoms with Gasteiger partial charge in [-0.2, -0.15) is 0 Å². The molecule has 2 aromatic rings. The Kier molecular flexibility index (Phi) is 5.48. The van der Waals surface area contributed by atoms with E-state index in [1.165, 1.54) is 22.8 Å². The van der Waals surface area contributed by atoms with E-state index in [4.69, 9.17) is 9.47 Å². The molecule has 160 valence electrons. The Morgan fingerprint density at radius 3 is 2.47 bits per heavy atom. The van der Waals surface area contributed by atoms with E-state index in [1.54, 1.807) is 19.2 Å². The van der Waals surface area contributed by atoms with E-state index in [9.17, 15) is 19.1 Å². The van der Waals surface area contributed by atoms with Crippen LogP contribution >= 0.6 is 0 Å². The summed E-state index contributed by atoms with van der Waals surface area (Å²) in [6, 6.07) is 7.24. The molecule has 0 radical (unpaired) electrons. The summed E-state index contributed by atoms with van der Waals surface area (Å²) in [7, 11) is 1.56. The number of amides is 1. The molecule has 8 nitrogen and oxygen atoms in total. The number of nitrogens with zero attached hydrogens (tertiary/aromatic N) is 2. The number of benzene rings is 1. The van der Waals surface area contributed by atoms with Gasteiger partial charge in [0.05, 0.1) is 18.8 Å². The highest BCUT2D eigenvalue weighted by Gasteiger charge is 2.40. The molecule has 1 aromatic heterocycles. The first-order chi connectivity index (χ1) is 14.4. The first-order valence-corrected chi connectivity index (χ1v) is 9.87. The first-order valence-electron chi connectivity index (χ1n) is 9.87. The van der Waals surface area contributed by atoms with Crippen molar-refractivity contribution < 1.29 is 23.8 Å². The number of aromatic nitrogens is 1. The number of pyridine rings is 1. The van der Waals surface area contributed by atoms with Crippen molar-refractivity contribution in [1.82, 2.24) is 9.88 Å². The Labute approximate surface area is 172 Å². The number of piperidine rings is 1. The van der Waals surface area contributed by atoms with Gasteiger partial charge in [0.2, 0.25) is 0 Å². The summed E-state index contributed by atoms with van der Waals surface area (Å²) >= 11 is 0. The summed E-state index contributed by atoms with van der Waals surface area (Å²) in [4.78, 5) is 27.2. The number of rotatable bonds is 4. The Balaban J connectivity index is 1.52. The topological polar surface area (TPSA) is 93.0 Å². The molecular formula is C21H24FN3O5. The minimum Gasteiger partial charge on any atom is -0.502 e. The van der Waals surface area contributed by atoms with Gasteiger partial charge in [-0.25, -0.2) is 4.39 Å². The van der Waals surface area contributed by atoms with Crippen molar-refractivity contribution in [2.24, 2.45) is 7.05 Å². The lowest BCUT2D eigenvalue weighted by Crippen LogP contribution is -2.46. The monoisotopic (exact) mass is 417 g/mol. The Morgan fingerprint density at radius 2 is 1.83 bits per heavy atom. The number of carbonyl (C=O) groups excluding carboxylic acids is 1. The van der Waals surface area contributed by atoms with E-state index >= 15 is 0 Å². The van der Waals surface area contributed by atoms with Crippen molar-refractivity contribution in [1.29, 1.82) is 0 Å². The smallest absolute Gasteiger partial charge is 0.294 e. The van der Waals surface area contributed by atoms with Crippen LogP contribution in [0.4, 0.5) is 10.2 Å². The number of hydrogen-bond donors (Lipinski definition) is 2. The lowest BCUT2D eigenvalue weighted by molar-refractivity contribution is -0.169. The Bertz CT molecular complexity index is 989. The molecule has 2 aliphatic heterocycles. The predicted octanol–water partition coefficient (Wildman–Crippen LogP) is 1.50. The lowest BCUT2D eigenvalue weighted by atomic mass is 10.0. The van der Waals surface area contributed by atoms with E-state index in [2.05, 4.69) is 5.32 Å². The average Bonchev–Trinajstić information content (AvgIpc) is 3.20. The molecule has 2 saturated heterocycles. The number of aromatic hydroxyl groups is 1. The lowest BCUT2D eigenvalue weighted by Gasteiger charge is -2.39. The minimum absolute atomic E-state index is 0.0936. The van der Waals surface area contributed by atoms with Crippen LogP contribution in [-0.2, 0) is 23.1 Å². The van der Waals surface area contributed by atoms with Gasteiger partial charge in [0.15, 0.2) is 11.5 Å². The molecule has 0 saturated carbocycles. The molecule has 0 atom stereocenters. The van der Waals surface area contributed by atoms with Crippen molar-refractivity contribution in [3.8, 4) is 5.75 Å². The molecule has 1 amide bonds. The highest BCUT2D eigenvalue weighted by molar-refractivity contribution is 5.97. The Hall–Kier alpha value is -2.91. The molecule has 9 heteroatoms. The molecule has 2 aliphatic rings. The number of carbonyl (C=O) groups is 1. The summed E-state index contributed by atoms with van der Waals surface area (Å²) in [5, 5.41) is 12.9. The summed E-state index contributed by atoms with van der Waals surface area (Å²) in [5.41, 5.74) is -0.0388. The zero-order valence-corrected chi connectivity index (χ0v) is 16.7. The number of ether oxygens (including phenoxy) is 2. The zero-order valence-electron chi connectivity index (χ0n) is 16.7. The largest absolute Gasteiger partial charge is 0.502 e. The van der Waals surface area contributed by atoms with Gasteiger partial charge in [0.1, 0.15) is 11.6 Å². The van der Waals surface area contributed by atoms with E-state index < -0.39 is 23.0 Å². The van der Waals surface area contributed by atoms with Gasteiger partial charge >= 0.3 is 0 Å². The second kappa shape index (κ2) is 8.08. The van der Waals surface area contributed by atoms with Crippen molar-refractivity contribution >= 4 is 11.7 Å². The second-order valence-corrected chi connectivity index (χ2v) is 7.53. The SMILES string of the molecule is Cn1c(N2CCC3(CC2)OCCO3)cc(C(=O)NCc2ccc(F)cc2)c(O)c1=O. The summed E-state index contributed by atoms with van der Waals surface area (Å²) in [5.74, 6) is -1.56. The van der Waals surface area contributed by atoms with Crippen LogP contribution in [0.25, 0.3) is 0 Å². The molecule has 0 aliphatic carbocycles. The fourth-order valence-electron chi connectivity index (χ4n) is 3.89. The van der Waals surface area contributed by atoms with Gasteiger partial charge in [0.25, 0.3) is 11.5 Å². The van der Waals surface area contributed by atoms with E-state index in [-0.39, 0.29) is 17.9 Å². The third-order valence-electron chi connectivity index (χ3n) is 5.65. The van der Waals surface area contributed by atoms with Gasteiger partial charge in [-0.3, -0.25) is 14.2 Å². The van der Waals surface area contributed by atoms with Crippen LogP contribution in [0, 0.1) is 5.82 Å². The van der Waals surface area contributed by atoms with Crippen LogP contribution in [0.1, 0.15) is 28.8 Å². The molecule has 1 spiro atoms. The fraction of sp³-hybridized carbons (Fsp3) is 0.429. The molecule has 4 rings (SSSR count). The molecular weight excluding hydrogens is 393 g/mol. The molecule has 30 heavy (non-hydrogen) atoms. The van der Waals surface area contributed by atoms with E-state index in [0.29, 0.717) is 50.5 Å². The number of halogens is 1. The standard InChI is InChI=1S/C21H24FN3O5/c1-24-17(25-8-6-21(7-9-25)29-10-11-30-21)12-16(18(26)20(24)28)19(27)23-13-14-2-4-15(22)5-3-14/h2-5,12,26H,6-11,13H2,1H3,(H,23,27). The predicted molar refractivity (Wildman–Crippen MR) is 107 cm³/mol. The first kappa shape index (κ1) is 20.4. The van der Waals surface area contributed by atoms with Crippen molar-refractivity contribution in [2.75, 3.05) is 31.2 Å². The van der Waals surface area contributed by atoms with E-state index in [1.807, 2.05) is 4.90 Å². The third kappa shape index (κ3) is 3.90. The van der Waals surface area contributed by atoms with Crippen molar-refractivity contribution in [3.05, 3.63) is 57.6 Å². The van der Waals surface area contributed by atoms with E-state index in [0.717, 1.165) is 0 Å². The van der Waals surface area contributed by atoms with Crippen LogP contribution in [-0.4, -0.2) is 47.7 Å². The molecule has 1 aromatic carbocycles. The zero-order chi connectivity index (χ0) is 21.3.